The lowest BCUT2D eigenvalue weighted by atomic mass is 10.2. The SMILES string of the molecule is COc1c(Br)cc(Br)cc1/C=N\N1CCCCC1. The Morgan fingerprint density at radius 1 is 1.22 bits per heavy atom. The molecule has 0 radical (unpaired) electrons. The smallest absolute Gasteiger partial charge is 0.141 e. The second-order valence-electron chi connectivity index (χ2n) is 4.27. The fraction of sp³-hybridized carbons (Fsp3) is 0.462. The number of hydrogen-bond acceptors (Lipinski definition) is 3. The zero-order valence-corrected chi connectivity index (χ0v) is 13.5. The molecule has 98 valence electrons. The van der Waals surface area contributed by atoms with Gasteiger partial charge in [0.1, 0.15) is 5.75 Å². The number of hydrazone groups is 1. The summed E-state index contributed by atoms with van der Waals surface area (Å²) in [4.78, 5) is 0. The van der Waals surface area contributed by atoms with Crippen LogP contribution in [0.2, 0.25) is 0 Å². The Hall–Kier alpha value is -0.550. The van der Waals surface area contributed by atoms with Crippen molar-refractivity contribution in [3.8, 4) is 5.75 Å². The molecule has 0 unspecified atom stereocenters. The number of rotatable bonds is 3. The number of nitrogens with zero attached hydrogens (tertiary/aromatic N) is 2. The molecule has 1 aliphatic heterocycles. The highest BCUT2D eigenvalue weighted by Crippen LogP contribution is 2.31. The summed E-state index contributed by atoms with van der Waals surface area (Å²) in [5, 5.41) is 6.65. The molecule has 0 aliphatic carbocycles. The van der Waals surface area contributed by atoms with Crippen LogP contribution >= 0.6 is 31.9 Å². The molecule has 1 aliphatic rings. The highest BCUT2D eigenvalue weighted by atomic mass is 79.9. The van der Waals surface area contributed by atoms with Crippen molar-refractivity contribution in [3.05, 3.63) is 26.6 Å². The molecule has 0 amide bonds. The highest BCUT2D eigenvalue weighted by Gasteiger charge is 2.09. The predicted octanol–water partition coefficient (Wildman–Crippen LogP) is 4.04. The van der Waals surface area contributed by atoms with Crippen molar-refractivity contribution in [1.82, 2.24) is 5.01 Å². The molecule has 18 heavy (non-hydrogen) atoms. The highest BCUT2D eigenvalue weighted by molar-refractivity contribution is 9.11. The standard InChI is InChI=1S/C13H16Br2N2O/c1-18-13-10(7-11(14)8-12(13)15)9-16-17-5-3-2-4-6-17/h7-9H,2-6H2,1H3/b16-9-. The lowest BCUT2D eigenvalue weighted by Crippen LogP contribution is -2.24. The molecule has 0 saturated carbocycles. The molecule has 2 rings (SSSR count). The van der Waals surface area contributed by atoms with Crippen LogP contribution in [0.1, 0.15) is 24.8 Å². The molecular weight excluding hydrogens is 360 g/mol. The van der Waals surface area contributed by atoms with Crippen LogP contribution in [0.25, 0.3) is 0 Å². The van der Waals surface area contributed by atoms with Gasteiger partial charge in [-0.05, 0) is 47.3 Å². The van der Waals surface area contributed by atoms with E-state index in [1.807, 2.05) is 18.3 Å². The summed E-state index contributed by atoms with van der Waals surface area (Å²) in [5.74, 6) is 0.818. The first-order chi connectivity index (χ1) is 8.70. The van der Waals surface area contributed by atoms with Crippen molar-refractivity contribution in [3.63, 3.8) is 0 Å². The Bertz CT molecular complexity index is 443. The second kappa shape index (κ2) is 6.57. The van der Waals surface area contributed by atoms with Gasteiger partial charge in [0.25, 0.3) is 0 Å². The largest absolute Gasteiger partial charge is 0.495 e. The van der Waals surface area contributed by atoms with Crippen molar-refractivity contribution in [1.29, 1.82) is 0 Å². The minimum Gasteiger partial charge on any atom is -0.495 e. The zero-order chi connectivity index (χ0) is 13.0. The molecule has 0 atom stereocenters. The van der Waals surface area contributed by atoms with Crippen molar-refractivity contribution in [2.75, 3.05) is 20.2 Å². The number of benzene rings is 1. The van der Waals surface area contributed by atoms with Gasteiger partial charge < -0.3 is 4.74 Å². The summed E-state index contributed by atoms with van der Waals surface area (Å²) >= 11 is 6.98. The van der Waals surface area contributed by atoms with Gasteiger partial charge in [-0.2, -0.15) is 5.10 Å². The number of piperidine rings is 1. The van der Waals surface area contributed by atoms with Crippen LogP contribution in [-0.4, -0.2) is 31.4 Å². The van der Waals surface area contributed by atoms with Crippen molar-refractivity contribution in [2.24, 2.45) is 5.10 Å². The molecule has 0 spiro atoms. The molecule has 1 heterocycles. The van der Waals surface area contributed by atoms with Crippen LogP contribution in [0.15, 0.2) is 26.2 Å². The number of ether oxygens (including phenoxy) is 1. The maximum absolute atomic E-state index is 5.39. The molecule has 1 aromatic rings. The minimum absolute atomic E-state index is 0.818. The van der Waals surface area contributed by atoms with E-state index >= 15 is 0 Å². The van der Waals surface area contributed by atoms with E-state index in [9.17, 15) is 0 Å². The fourth-order valence-corrected chi connectivity index (χ4v) is 3.45. The van der Waals surface area contributed by atoms with Crippen molar-refractivity contribution < 1.29 is 4.74 Å². The molecule has 1 saturated heterocycles. The Morgan fingerprint density at radius 3 is 2.61 bits per heavy atom. The first-order valence-electron chi connectivity index (χ1n) is 6.02. The average Bonchev–Trinajstić information content (AvgIpc) is 2.37. The normalized spacial score (nSPS) is 16.3. The summed E-state index contributed by atoms with van der Waals surface area (Å²) in [6.07, 6.45) is 5.66. The quantitative estimate of drug-likeness (QED) is 0.744. The molecule has 0 aromatic heterocycles. The molecule has 0 N–H and O–H groups in total. The van der Waals surface area contributed by atoms with Crippen LogP contribution in [0.5, 0.6) is 5.75 Å². The summed E-state index contributed by atoms with van der Waals surface area (Å²) < 4.78 is 7.33. The summed E-state index contributed by atoms with van der Waals surface area (Å²) in [7, 11) is 1.67. The topological polar surface area (TPSA) is 24.8 Å². The first kappa shape index (κ1) is 13.9. The summed E-state index contributed by atoms with van der Waals surface area (Å²) in [6.45, 7) is 2.10. The van der Waals surface area contributed by atoms with Gasteiger partial charge >= 0.3 is 0 Å². The van der Waals surface area contributed by atoms with Crippen LogP contribution in [0.4, 0.5) is 0 Å². The lowest BCUT2D eigenvalue weighted by molar-refractivity contribution is 0.240. The van der Waals surface area contributed by atoms with Gasteiger partial charge in [0, 0.05) is 23.1 Å². The van der Waals surface area contributed by atoms with Crippen LogP contribution < -0.4 is 4.74 Å². The maximum Gasteiger partial charge on any atom is 0.141 e. The van der Waals surface area contributed by atoms with E-state index in [-0.39, 0.29) is 0 Å². The average molecular weight is 376 g/mol. The Morgan fingerprint density at radius 2 is 1.94 bits per heavy atom. The Kier molecular flexibility index (Phi) is 5.06. The van der Waals surface area contributed by atoms with E-state index in [2.05, 4.69) is 42.0 Å². The van der Waals surface area contributed by atoms with E-state index in [1.165, 1.54) is 19.3 Å². The van der Waals surface area contributed by atoms with Gasteiger partial charge in [0.2, 0.25) is 0 Å². The van der Waals surface area contributed by atoms with E-state index in [0.717, 1.165) is 33.3 Å². The lowest BCUT2D eigenvalue weighted by Gasteiger charge is -2.23. The molecule has 3 nitrogen and oxygen atoms in total. The Labute approximate surface area is 124 Å². The van der Waals surface area contributed by atoms with Crippen molar-refractivity contribution >= 4 is 38.1 Å². The molecule has 1 fully saturated rings. The molecule has 5 heteroatoms. The molecule has 0 bridgehead atoms. The maximum atomic E-state index is 5.39. The number of halogens is 2. The van der Waals surface area contributed by atoms with Crippen LogP contribution in [0, 0.1) is 0 Å². The predicted molar refractivity (Wildman–Crippen MR) is 81.4 cm³/mol. The molecule has 1 aromatic carbocycles. The van der Waals surface area contributed by atoms with Gasteiger partial charge in [-0.15, -0.1) is 0 Å². The van der Waals surface area contributed by atoms with Crippen LogP contribution in [0.3, 0.4) is 0 Å². The third kappa shape index (κ3) is 3.48. The summed E-state index contributed by atoms with van der Waals surface area (Å²) in [6, 6.07) is 3.98. The van der Waals surface area contributed by atoms with Crippen molar-refractivity contribution in [2.45, 2.75) is 19.3 Å². The van der Waals surface area contributed by atoms with Crippen LogP contribution in [-0.2, 0) is 0 Å². The zero-order valence-electron chi connectivity index (χ0n) is 10.3. The first-order valence-corrected chi connectivity index (χ1v) is 7.61. The third-order valence-electron chi connectivity index (χ3n) is 2.93. The van der Waals surface area contributed by atoms with E-state index in [1.54, 1.807) is 7.11 Å². The van der Waals surface area contributed by atoms with Gasteiger partial charge in [-0.25, -0.2) is 0 Å². The van der Waals surface area contributed by atoms with Gasteiger partial charge in [-0.3, -0.25) is 5.01 Å². The Balaban J connectivity index is 2.19. The van der Waals surface area contributed by atoms with E-state index < -0.39 is 0 Å². The third-order valence-corrected chi connectivity index (χ3v) is 3.98. The summed E-state index contributed by atoms with van der Waals surface area (Å²) in [5.41, 5.74) is 0.976. The second-order valence-corrected chi connectivity index (χ2v) is 6.04. The fourth-order valence-electron chi connectivity index (χ4n) is 2.03. The number of hydrogen-bond donors (Lipinski definition) is 0. The van der Waals surface area contributed by atoms with Gasteiger partial charge in [0.05, 0.1) is 17.8 Å². The van der Waals surface area contributed by atoms with E-state index in [0.29, 0.717) is 0 Å². The molecular formula is C13H16Br2N2O. The minimum atomic E-state index is 0.818. The van der Waals surface area contributed by atoms with Gasteiger partial charge in [0.15, 0.2) is 0 Å². The monoisotopic (exact) mass is 374 g/mol. The van der Waals surface area contributed by atoms with E-state index in [4.69, 9.17) is 4.74 Å². The number of methoxy groups -OCH3 is 1. The van der Waals surface area contributed by atoms with Gasteiger partial charge in [-0.1, -0.05) is 15.9 Å².